The van der Waals surface area contributed by atoms with Gasteiger partial charge in [-0.1, -0.05) is 39.5 Å². The summed E-state index contributed by atoms with van der Waals surface area (Å²) in [4.78, 5) is 19.2. The minimum atomic E-state index is -0.134. The molecule has 0 bridgehead atoms. The van der Waals surface area contributed by atoms with Crippen LogP contribution in [0.25, 0.3) is 5.65 Å². The van der Waals surface area contributed by atoms with E-state index in [0.29, 0.717) is 11.3 Å². The van der Waals surface area contributed by atoms with Crippen LogP contribution in [0.2, 0.25) is 0 Å². The van der Waals surface area contributed by atoms with Gasteiger partial charge in [0.1, 0.15) is 0 Å². The van der Waals surface area contributed by atoms with Gasteiger partial charge in [-0.05, 0) is 38.9 Å². The first kappa shape index (κ1) is 20.4. The highest BCUT2D eigenvalue weighted by atomic mass is 16.2. The van der Waals surface area contributed by atoms with Gasteiger partial charge in [-0.3, -0.25) is 4.79 Å². The second-order valence-corrected chi connectivity index (χ2v) is 7.04. The van der Waals surface area contributed by atoms with Gasteiger partial charge in [0.15, 0.2) is 11.3 Å². The Kier molecular flexibility index (Phi) is 8.54. The van der Waals surface area contributed by atoms with Crippen molar-refractivity contribution in [2.45, 2.75) is 65.3 Å². The lowest BCUT2D eigenvalue weighted by atomic mass is 10.2. The highest BCUT2D eigenvalue weighted by Gasteiger charge is 2.16. The quantitative estimate of drug-likeness (QED) is 0.589. The minimum absolute atomic E-state index is 0.0866. The first-order valence-electron chi connectivity index (χ1n) is 9.97. The molecule has 1 N–H and O–H groups in total. The molecule has 144 valence electrons. The topological polar surface area (TPSA) is 62.5 Å². The van der Waals surface area contributed by atoms with E-state index in [-0.39, 0.29) is 11.9 Å². The third-order valence-electron chi connectivity index (χ3n) is 4.53. The van der Waals surface area contributed by atoms with Gasteiger partial charge >= 0.3 is 0 Å². The number of hydrogen-bond donors (Lipinski definition) is 1. The van der Waals surface area contributed by atoms with Gasteiger partial charge < -0.3 is 10.2 Å². The molecule has 0 radical (unpaired) electrons. The first-order chi connectivity index (χ1) is 12.6. The average Bonchev–Trinajstić information content (AvgIpc) is 3.06. The lowest BCUT2D eigenvalue weighted by Crippen LogP contribution is -2.42. The Morgan fingerprint density at radius 1 is 1.19 bits per heavy atom. The number of unbranched alkanes of at least 4 members (excludes halogenated alkanes) is 4. The van der Waals surface area contributed by atoms with Crippen molar-refractivity contribution in [1.82, 2.24) is 24.8 Å². The molecule has 0 saturated carbocycles. The maximum absolute atomic E-state index is 12.5. The summed E-state index contributed by atoms with van der Waals surface area (Å²) in [6.45, 7) is 9.62. The molecule has 1 amide bonds. The molecule has 26 heavy (non-hydrogen) atoms. The molecule has 0 fully saturated rings. The van der Waals surface area contributed by atoms with Crippen LogP contribution in [0.1, 0.15) is 69.8 Å². The number of nitrogens with zero attached hydrogens (tertiary/aromatic N) is 4. The van der Waals surface area contributed by atoms with Crippen LogP contribution >= 0.6 is 0 Å². The van der Waals surface area contributed by atoms with Crippen LogP contribution in [0.15, 0.2) is 24.5 Å². The molecule has 1 unspecified atom stereocenters. The fourth-order valence-electron chi connectivity index (χ4n) is 3.14. The van der Waals surface area contributed by atoms with Crippen molar-refractivity contribution >= 4 is 11.6 Å². The smallest absolute Gasteiger partial charge is 0.272 e. The van der Waals surface area contributed by atoms with E-state index in [4.69, 9.17) is 0 Å². The zero-order valence-electron chi connectivity index (χ0n) is 16.4. The van der Waals surface area contributed by atoms with E-state index in [0.717, 1.165) is 19.6 Å². The molecule has 0 aliphatic heterocycles. The SMILES string of the molecule is CCCCCN(CCCCC)CC(C)NC(=O)c1cc2ncccn2n1. The van der Waals surface area contributed by atoms with Crippen molar-refractivity contribution in [1.29, 1.82) is 0 Å². The maximum atomic E-state index is 12.5. The summed E-state index contributed by atoms with van der Waals surface area (Å²) in [5.74, 6) is -0.134. The molecule has 0 saturated heterocycles. The summed E-state index contributed by atoms with van der Waals surface area (Å²) < 4.78 is 1.63. The van der Waals surface area contributed by atoms with Crippen LogP contribution in [0, 0.1) is 0 Å². The van der Waals surface area contributed by atoms with Crippen molar-refractivity contribution in [2.24, 2.45) is 0 Å². The summed E-state index contributed by atoms with van der Waals surface area (Å²) in [7, 11) is 0. The van der Waals surface area contributed by atoms with E-state index in [1.807, 2.05) is 0 Å². The predicted molar refractivity (Wildman–Crippen MR) is 105 cm³/mol. The summed E-state index contributed by atoms with van der Waals surface area (Å²) in [6, 6.07) is 3.61. The molecule has 2 aromatic rings. The number of fused-ring (bicyclic) bond motifs is 1. The largest absolute Gasteiger partial charge is 0.347 e. The number of amides is 1. The van der Waals surface area contributed by atoms with Crippen molar-refractivity contribution in [3.05, 3.63) is 30.2 Å². The van der Waals surface area contributed by atoms with Gasteiger partial charge in [-0.2, -0.15) is 5.10 Å². The summed E-state index contributed by atoms with van der Waals surface area (Å²) in [5, 5.41) is 7.38. The van der Waals surface area contributed by atoms with E-state index in [1.165, 1.54) is 38.5 Å². The van der Waals surface area contributed by atoms with E-state index >= 15 is 0 Å². The number of nitrogens with one attached hydrogen (secondary N) is 1. The zero-order chi connectivity index (χ0) is 18.8. The molecular weight excluding hydrogens is 326 g/mol. The van der Waals surface area contributed by atoms with Crippen LogP contribution in [0.5, 0.6) is 0 Å². The Morgan fingerprint density at radius 3 is 2.50 bits per heavy atom. The fraction of sp³-hybridized carbons (Fsp3) is 0.650. The molecule has 1 atom stereocenters. The summed E-state index contributed by atoms with van der Waals surface area (Å²) in [5.41, 5.74) is 1.10. The van der Waals surface area contributed by atoms with Crippen molar-refractivity contribution in [2.75, 3.05) is 19.6 Å². The highest BCUT2D eigenvalue weighted by molar-refractivity contribution is 5.93. The van der Waals surface area contributed by atoms with E-state index in [9.17, 15) is 4.79 Å². The van der Waals surface area contributed by atoms with E-state index in [1.54, 1.807) is 29.0 Å². The molecule has 0 aliphatic rings. The van der Waals surface area contributed by atoms with Crippen molar-refractivity contribution in [3.63, 3.8) is 0 Å². The summed E-state index contributed by atoms with van der Waals surface area (Å²) in [6.07, 6.45) is 10.9. The number of aromatic nitrogens is 3. The Morgan fingerprint density at radius 2 is 1.88 bits per heavy atom. The normalized spacial score (nSPS) is 12.6. The maximum Gasteiger partial charge on any atom is 0.272 e. The predicted octanol–water partition coefficient (Wildman–Crippen LogP) is 3.53. The van der Waals surface area contributed by atoms with E-state index in [2.05, 4.69) is 41.1 Å². The van der Waals surface area contributed by atoms with Crippen molar-refractivity contribution < 1.29 is 4.79 Å². The van der Waals surface area contributed by atoms with Crippen molar-refractivity contribution in [3.8, 4) is 0 Å². The minimum Gasteiger partial charge on any atom is -0.347 e. The molecule has 6 nitrogen and oxygen atoms in total. The summed E-state index contributed by atoms with van der Waals surface area (Å²) >= 11 is 0. The Hall–Kier alpha value is -1.95. The molecule has 2 heterocycles. The Labute approximate surface area is 157 Å². The first-order valence-corrected chi connectivity index (χ1v) is 9.97. The molecule has 0 aromatic carbocycles. The molecule has 0 aliphatic carbocycles. The third-order valence-corrected chi connectivity index (χ3v) is 4.53. The number of hydrogen-bond acceptors (Lipinski definition) is 4. The highest BCUT2D eigenvalue weighted by Crippen LogP contribution is 2.06. The van der Waals surface area contributed by atoms with E-state index < -0.39 is 0 Å². The number of rotatable bonds is 12. The Balaban J connectivity index is 1.88. The monoisotopic (exact) mass is 359 g/mol. The van der Waals surface area contributed by atoms with Crippen LogP contribution < -0.4 is 5.32 Å². The van der Waals surface area contributed by atoms with Crippen LogP contribution in [-0.2, 0) is 0 Å². The molecule has 2 aromatic heterocycles. The lowest BCUT2D eigenvalue weighted by Gasteiger charge is -2.26. The van der Waals surface area contributed by atoms with Gasteiger partial charge in [0.2, 0.25) is 0 Å². The van der Waals surface area contributed by atoms with Gasteiger partial charge in [-0.15, -0.1) is 0 Å². The van der Waals surface area contributed by atoms with Crippen LogP contribution in [-0.4, -0.2) is 51.1 Å². The van der Waals surface area contributed by atoms with Gasteiger partial charge in [0.05, 0.1) is 0 Å². The van der Waals surface area contributed by atoms with Crippen LogP contribution in [0.3, 0.4) is 0 Å². The fourth-order valence-corrected chi connectivity index (χ4v) is 3.14. The molecule has 0 spiro atoms. The average molecular weight is 360 g/mol. The van der Waals surface area contributed by atoms with Gasteiger partial charge in [0.25, 0.3) is 5.91 Å². The number of carbonyl (C=O) groups excluding carboxylic acids is 1. The second kappa shape index (κ2) is 10.9. The molecule has 6 heteroatoms. The second-order valence-electron chi connectivity index (χ2n) is 7.04. The van der Waals surface area contributed by atoms with Crippen LogP contribution in [0.4, 0.5) is 0 Å². The van der Waals surface area contributed by atoms with Gasteiger partial charge in [-0.25, -0.2) is 9.50 Å². The zero-order valence-corrected chi connectivity index (χ0v) is 16.4. The standard InChI is InChI=1S/C20H33N5O/c1-4-6-8-12-24(13-9-7-5-2)16-17(3)22-20(26)18-15-19-21-11-10-14-25(19)23-18/h10-11,14-15,17H,4-9,12-13,16H2,1-3H3,(H,22,26). The third kappa shape index (κ3) is 6.41. The van der Waals surface area contributed by atoms with Gasteiger partial charge in [0, 0.05) is 31.0 Å². The lowest BCUT2D eigenvalue weighted by molar-refractivity contribution is 0.0923. The number of carbonyl (C=O) groups is 1. The molecular formula is C20H33N5O. The Bertz CT molecular complexity index is 626. The molecule has 2 rings (SSSR count).